The van der Waals surface area contributed by atoms with Crippen molar-refractivity contribution in [1.29, 1.82) is 0 Å². The topological polar surface area (TPSA) is 49.8 Å². The summed E-state index contributed by atoms with van der Waals surface area (Å²) in [5, 5.41) is 14.8. The maximum Gasteiger partial charge on any atom is 0.340 e. The zero-order valence-electron chi connectivity index (χ0n) is 21.5. The second kappa shape index (κ2) is 7.51. The van der Waals surface area contributed by atoms with Crippen LogP contribution in [0.2, 0.25) is 0 Å². The second-order valence-electron chi connectivity index (χ2n) is 10.9. The number of nitrogens with zero attached hydrogens (tertiary/aromatic N) is 1. The average molecular weight is 518 g/mol. The third kappa shape index (κ3) is 2.58. The smallest absolute Gasteiger partial charge is 0.340 e. The minimum absolute atomic E-state index is 0.218. The van der Waals surface area contributed by atoms with Gasteiger partial charge in [-0.1, -0.05) is 78.9 Å². The molecule has 0 fully saturated rings. The normalized spacial score (nSPS) is 18.2. The van der Waals surface area contributed by atoms with Crippen LogP contribution >= 0.6 is 0 Å². The number of hydrogen-bond acceptors (Lipinski definition) is 4. The lowest BCUT2D eigenvalue weighted by Gasteiger charge is -2.37. The number of rotatable bonds is 1. The maximum atomic E-state index is 13.8. The molecule has 0 bridgehead atoms. The number of phenolic OH excluding ortho intramolecular Hbond substituents is 1. The monoisotopic (exact) mass is 517 g/mol. The largest absolute Gasteiger partial charge is 0.507 e. The minimum Gasteiger partial charge on any atom is -0.507 e. The number of anilines is 2. The van der Waals surface area contributed by atoms with E-state index < -0.39 is 5.60 Å². The number of esters is 1. The van der Waals surface area contributed by atoms with Crippen LogP contribution in [0.1, 0.15) is 32.6 Å². The van der Waals surface area contributed by atoms with Crippen molar-refractivity contribution in [3.63, 3.8) is 0 Å². The fourth-order valence-electron chi connectivity index (χ4n) is 7.36. The number of aromatic hydroxyl groups is 1. The van der Waals surface area contributed by atoms with Crippen LogP contribution in [-0.2, 0) is 16.8 Å². The lowest BCUT2D eigenvalue weighted by atomic mass is 9.77. The highest BCUT2D eigenvalue weighted by Gasteiger charge is 2.53. The van der Waals surface area contributed by atoms with Gasteiger partial charge in [-0.15, -0.1) is 0 Å². The number of phenols is 1. The van der Waals surface area contributed by atoms with Crippen molar-refractivity contribution in [2.45, 2.75) is 12.0 Å². The van der Waals surface area contributed by atoms with Crippen LogP contribution in [0, 0.1) is 0 Å². The Kier molecular flexibility index (Phi) is 4.10. The van der Waals surface area contributed by atoms with Crippen LogP contribution in [0.4, 0.5) is 11.4 Å². The van der Waals surface area contributed by atoms with E-state index in [1.807, 2.05) is 60.7 Å². The van der Waals surface area contributed by atoms with Crippen molar-refractivity contribution in [1.82, 2.24) is 0 Å². The molecule has 0 amide bonds. The van der Waals surface area contributed by atoms with Crippen LogP contribution in [0.25, 0.3) is 32.7 Å². The van der Waals surface area contributed by atoms with Crippen LogP contribution in [-0.4, -0.2) is 17.6 Å². The van der Waals surface area contributed by atoms with Gasteiger partial charge < -0.3 is 14.7 Å². The van der Waals surface area contributed by atoms with E-state index in [0.717, 1.165) is 68.0 Å². The molecule has 3 aliphatic rings. The molecule has 1 spiro atoms. The van der Waals surface area contributed by atoms with Gasteiger partial charge in [-0.25, -0.2) is 4.79 Å². The van der Waals surface area contributed by atoms with E-state index in [0.29, 0.717) is 5.56 Å². The predicted molar refractivity (Wildman–Crippen MR) is 157 cm³/mol. The number of carbonyl (C=O) groups is 1. The summed E-state index contributed by atoms with van der Waals surface area (Å²) in [6.07, 6.45) is 0.996. The molecule has 1 unspecified atom stereocenters. The molecule has 4 heteroatoms. The molecule has 9 rings (SSSR count). The zero-order valence-corrected chi connectivity index (χ0v) is 21.5. The van der Waals surface area contributed by atoms with Crippen LogP contribution in [0.15, 0.2) is 109 Å². The fraction of sp³-hybridized carbons (Fsp3) is 0.0833. The van der Waals surface area contributed by atoms with Gasteiger partial charge in [0.2, 0.25) is 0 Å². The molecule has 6 aromatic rings. The Morgan fingerprint density at radius 1 is 0.725 bits per heavy atom. The molecule has 2 heterocycles. The molecular formula is C36H23NO3. The first-order chi connectivity index (χ1) is 19.6. The number of ether oxygens (including phenoxy) is 1. The molecule has 1 N–H and O–H groups in total. The van der Waals surface area contributed by atoms with E-state index in [2.05, 4.69) is 53.4 Å². The van der Waals surface area contributed by atoms with E-state index in [1.54, 1.807) is 0 Å². The Labute approximate surface area is 230 Å². The van der Waals surface area contributed by atoms with Gasteiger partial charge in [-0.3, -0.25) is 0 Å². The van der Waals surface area contributed by atoms with Crippen LogP contribution in [0.3, 0.4) is 0 Å². The average Bonchev–Trinajstić information content (AvgIpc) is 3.54. The summed E-state index contributed by atoms with van der Waals surface area (Å²) in [5.74, 6) is -0.118. The molecule has 2 aliphatic heterocycles. The summed E-state index contributed by atoms with van der Waals surface area (Å²) < 4.78 is 6.64. The van der Waals surface area contributed by atoms with Crippen molar-refractivity contribution in [3.8, 4) is 16.9 Å². The van der Waals surface area contributed by atoms with Gasteiger partial charge >= 0.3 is 5.97 Å². The molecule has 4 nitrogen and oxygen atoms in total. The van der Waals surface area contributed by atoms with Crippen molar-refractivity contribution < 1.29 is 14.6 Å². The third-order valence-corrected chi connectivity index (χ3v) is 9.00. The van der Waals surface area contributed by atoms with E-state index in [-0.39, 0.29) is 11.7 Å². The van der Waals surface area contributed by atoms with Gasteiger partial charge in [0.1, 0.15) is 5.75 Å². The Hall–Kier alpha value is -5.09. The molecule has 190 valence electrons. The summed E-state index contributed by atoms with van der Waals surface area (Å²) in [6.45, 7) is 0.904. The number of benzene rings is 6. The lowest BCUT2D eigenvalue weighted by molar-refractivity contribution is 0.0145. The number of fused-ring (bicyclic) bond motifs is 9. The van der Waals surface area contributed by atoms with Gasteiger partial charge in [0.25, 0.3) is 0 Å². The summed E-state index contributed by atoms with van der Waals surface area (Å²) in [7, 11) is 0. The summed E-state index contributed by atoms with van der Waals surface area (Å²) in [6, 6.07) is 36.7. The minimum atomic E-state index is -1.13. The number of hydrogen-bond donors (Lipinski definition) is 1. The molecule has 1 atom stereocenters. The van der Waals surface area contributed by atoms with Gasteiger partial charge in [-0.2, -0.15) is 0 Å². The molecule has 6 aromatic carbocycles. The SMILES string of the molecule is O=C1OC2(c3ccc(N4CCc5ccccc54)cc3-c3cc(O)c4ccccc4c32)c2cccc3cccc1c23. The second-order valence-corrected chi connectivity index (χ2v) is 10.9. The first-order valence-corrected chi connectivity index (χ1v) is 13.7. The van der Waals surface area contributed by atoms with Crippen LogP contribution < -0.4 is 4.90 Å². The predicted octanol–water partition coefficient (Wildman–Crippen LogP) is 7.84. The summed E-state index contributed by atoms with van der Waals surface area (Å²) in [5.41, 5.74) is 7.75. The van der Waals surface area contributed by atoms with E-state index in [1.165, 1.54) is 11.3 Å². The highest BCUT2D eigenvalue weighted by Crippen LogP contribution is 2.60. The Bertz CT molecular complexity index is 2090. The molecule has 40 heavy (non-hydrogen) atoms. The first kappa shape index (κ1) is 21.8. The molecule has 0 saturated heterocycles. The van der Waals surface area contributed by atoms with Gasteiger partial charge in [0.05, 0.1) is 5.56 Å². The van der Waals surface area contributed by atoms with Gasteiger partial charge in [0.15, 0.2) is 5.60 Å². The number of carbonyl (C=O) groups excluding carboxylic acids is 1. The van der Waals surface area contributed by atoms with Gasteiger partial charge in [-0.05, 0) is 64.2 Å². The van der Waals surface area contributed by atoms with E-state index in [4.69, 9.17) is 4.74 Å². The molecule has 1 aliphatic carbocycles. The molecular weight excluding hydrogens is 494 g/mol. The van der Waals surface area contributed by atoms with E-state index in [9.17, 15) is 9.90 Å². The quantitative estimate of drug-likeness (QED) is 0.226. The molecule has 0 aromatic heterocycles. The van der Waals surface area contributed by atoms with Gasteiger partial charge in [0, 0.05) is 45.4 Å². The maximum absolute atomic E-state index is 13.8. The lowest BCUT2D eigenvalue weighted by Crippen LogP contribution is -2.37. The Balaban J connectivity index is 1.40. The number of para-hydroxylation sites is 1. The molecule has 0 saturated carbocycles. The third-order valence-electron chi connectivity index (χ3n) is 9.00. The summed E-state index contributed by atoms with van der Waals surface area (Å²) in [4.78, 5) is 16.1. The van der Waals surface area contributed by atoms with Crippen LogP contribution in [0.5, 0.6) is 5.75 Å². The van der Waals surface area contributed by atoms with Crippen molar-refractivity contribution in [3.05, 3.63) is 137 Å². The molecule has 0 radical (unpaired) electrons. The highest BCUT2D eigenvalue weighted by atomic mass is 16.6. The van der Waals surface area contributed by atoms with Crippen molar-refractivity contribution >= 4 is 38.9 Å². The fourth-order valence-corrected chi connectivity index (χ4v) is 7.36. The van der Waals surface area contributed by atoms with Crippen molar-refractivity contribution in [2.24, 2.45) is 0 Å². The van der Waals surface area contributed by atoms with Crippen molar-refractivity contribution in [2.75, 3.05) is 11.4 Å². The Morgan fingerprint density at radius 2 is 1.52 bits per heavy atom. The van der Waals surface area contributed by atoms with E-state index >= 15 is 0 Å². The Morgan fingerprint density at radius 3 is 2.42 bits per heavy atom. The highest BCUT2D eigenvalue weighted by molar-refractivity contribution is 6.12. The zero-order chi connectivity index (χ0) is 26.6. The first-order valence-electron chi connectivity index (χ1n) is 13.7. The standard InChI is InChI=1S/C36H23NO3/c38-32-20-28-27-19-23(37-18-17-21-7-1-4-14-31(21)37)15-16-29(27)36(34(28)25-11-3-2-10-24(25)32)30-13-6-9-22-8-5-12-26(33(22)30)35(39)40-36/h1-16,19-20,38H,17-18H2. The summed E-state index contributed by atoms with van der Waals surface area (Å²) >= 11 is 0.